The molecule has 0 bridgehead atoms. The Hall–Kier alpha value is -2.60. The maximum atomic E-state index is 10.0. The Morgan fingerprint density at radius 2 is 1.38 bits per heavy atom. The van der Waals surface area contributed by atoms with Crippen LogP contribution in [0.1, 0.15) is 11.7 Å². The van der Waals surface area contributed by atoms with Crippen LogP contribution < -0.4 is 18.9 Å². The zero-order chi connectivity index (χ0) is 17.5. The van der Waals surface area contributed by atoms with Crippen LogP contribution in [-0.2, 0) is 4.74 Å². The zero-order valence-corrected chi connectivity index (χ0v) is 14.2. The lowest BCUT2D eigenvalue weighted by atomic mass is 10.1. The minimum Gasteiger partial charge on any atom is -0.502 e. The fourth-order valence-electron chi connectivity index (χ4n) is 2.30. The predicted molar refractivity (Wildman–Crippen MR) is 89.4 cm³/mol. The first kappa shape index (κ1) is 17.7. The van der Waals surface area contributed by atoms with Crippen molar-refractivity contribution in [3.05, 3.63) is 42.0 Å². The van der Waals surface area contributed by atoms with E-state index in [4.69, 9.17) is 23.7 Å². The Morgan fingerprint density at radius 1 is 0.833 bits per heavy atom. The van der Waals surface area contributed by atoms with Crippen LogP contribution >= 0.6 is 0 Å². The van der Waals surface area contributed by atoms with E-state index in [1.54, 1.807) is 26.4 Å². The van der Waals surface area contributed by atoms with Crippen molar-refractivity contribution >= 4 is 0 Å². The Morgan fingerprint density at radius 3 is 1.88 bits per heavy atom. The summed E-state index contributed by atoms with van der Waals surface area (Å²) >= 11 is 0. The van der Waals surface area contributed by atoms with Gasteiger partial charge >= 0.3 is 0 Å². The van der Waals surface area contributed by atoms with E-state index < -0.39 is 0 Å². The summed E-state index contributed by atoms with van der Waals surface area (Å²) in [5.74, 6) is 1.84. The zero-order valence-electron chi connectivity index (χ0n) is 14.2. The van der Waals surface area contributed by atoms with Gasteiger partial charge in [-0.3, -0.25) is 0 Å². The Kier molecular flexibility index (Phi) is 6.14. The van der Waals surface area contributed by atoms with Crippen molar-refractivity contribution in [2.45, 2.75) is 6.10 Å². The molecule has 1 unspecified atom stereocenters. The van der Waals surface area contributed by atoms with Gasteiger partial charge in [-0.25, -0.2) is 0 Å². The highest BCUT2D eigenvalue weighted by Gasteiger charge is 2.19. The fraction of sp³-hybridized carbons (Fsp3) is 0.333. The van der Waals surface area contributed by atoms with Crippen molar-refractivity contribution in [1.29, 1.82) is 0 Å². The van der Waals surface area contributed by atoms with Crippen LogP contribution in [0.15, 0.2) is 36.4 Å². The molecule has 2 aromatic rings. The van der Waals surface area contributed by atoms with E-state index in [0.29, 0.717) is 23.0 Å². The predicted octanol–water partition coefficient (Wildman–Crippen LogP) is 3.18. The fourth-order valence-corrected chi connectivity index (χ4v) is 2.30. The molecule has 0 heterocycles. The van der Waals surface area contributed by atoms with E-state index in [1.165, 1.54) is 14.2 Å². The van der Waals surface area contributed by atoms with Crippen LogP contribution in [0.3, 0.4) is 0 Å². The van der Waals surface area contributed by atoms with Gasteiger partial charge in [0.2, 0.25) is 5.75 Å². The number of rotatable bonds is 8. The van der Waals surface area contributed by atoms with E-state index in [1.807, 2.05) is 24.3 Å². The molecule has 0 aliphatic carbocycles. The van der Waals surface area contributed by atoms with E-state index >= 15 is 0 Å². The van der Waals surface area contributed by atoms with Crippen LogP contribution in [0, 0.1) is 0 Å². The van der Waals surface area contributed by atoms with Gasteiger partial charge in [-0.15, -0.1) is 0 Å². The highest BCUT2D eigenvalue weighted by Crippen LogP contribution is 2.39. The van der Waals surface area contributed by atoms with E-state index in [-0.39, 0.29) is 18.5 Å². The molecule has 6 nitrogen and oxygen atoms in total. The van der Waals surface area contributed by atoms with Crippen molar-refractivity contribution < 1.29 is 28.8 Å². The second kappa shape index (κ2) is 8.31. The van der Waals surface area contributed by atoms with Gasteiger partial charge in [-0.2, -0.15) is 0 Å². The molecule has 0 saturated heterocycles. The first-order valence-electron chi connectivity index (χ1n) is 7.38. The molecule has 2 rings (SSSR count). The molecule has 0 aliphatic heterocycles. The number of aromatic hydroxyl groups is 1. The van der Waals surface area contributed by atoms with Gasteiger partial charge < -0.3 is 28.8 Å². The normalized spacial score (nSPS) is 11.7. The summed E-state index contributed by atoms with van der Waals surface area (Å²) in [6.07, 6.45) is -0.377. The van der Waals surface area contributed by atoms with Gasteiger partial charge in [0.05, 0.1) is 21.3 Å². The Bertz CT molecular complexity index is 645. The van der Waals surface area contributed by atoms with E-state index in [0.717, 1.165) is 5.56 Å². The molecule has 1 atom stereocenters. The van der Waals surface area contributed by atoms with Crippen molar-refractivity contribution in [2.24, 2.45) is 0 Å². The standard InChI is InChI=1S/C18H22O6/c1-20-13-7-5-6-8-14(13)24-11-17(23-4)12-9-15(21-2)18(19)16(10-12)22-3/h5-10,17,19H,11H2,1-4H3. The third-order valence-corrected chi connectivity index (χ3v) is 3.62. The topological polar surface area (TPSA) is 66.4 Å². The summed E-state index contributed by atoms with van der Waals surface area (Å²) in [5.41, 5.74) is 0.763. The molecule has 0 saturated carbocycles. The Balaban J connectivity index is 2.22. The number of benzene rings is 2. The molecular weight excluding hydrogens is 312 g/mol. The lowest BCUT2D eigenvalue weighted by Crippen LogP contribution is -2.13. The molecule has 24 heavy (non-hydrogen) atoms. The molecule has 0 aromatic heterocycles. The highest BCUT2D eigenvalue weighted by atomic mass is 16.5. The molecule has 0 aliphatic rings. The monoisotopic (exact) mass is 334 g/mol. The molecule has 0 amide bonds. The number of hydrogen-bond acceptors (Lipinski definition) is 6. The maximum absolute atomic E-state index is 10.0. The summed E-state index contributed by atoms with van der Waals surface area (Å²) in [4.78, 5) is 0. The van der Waals surface area contributed by atoms with Crippen LogP contribution in [0.25, 0.3) is 0 Å². The smallest absolute Gasteiger partial charge is 0.200 e. The first-order valence-corrected chi connectivity index (χ1v) is 7.38. The van der Waals surface area contributed by atoms with Gasteiger partial charge in [-0.05, 0) is 29.8 Å². The van der Waals surface area contributed by atoms with E-state index in [2.05, 4.69) is 0 Å². The molecule has 0 spiro atoms. The van der Waals surface area contributed by atoms with Gasteiger partial charge in [0.25, 0.3) is 0 Å². The average Bonchev–Trinajstić information content (AvgIpc) is 2.63. The van der Waals surface area contributed by atoms with Gasteiger partial charge in [-0.1, -0.05) is 12.1 Å². The van der Waals surface area contributed by atoms with Crippen LogP contribution in [-0.4, -0.2) is 40.2 Å². The lowest BCUT2D eigenvalue weighted by Gasteiger charge is -2.19. The molecule has 1 N–H and O–H groups in total. The third kappa shape index (κ3) is 3.83. The van der Waals surface area contributed by atoms with Gasteiger partial charge in [0, 0.05) is 7.11 Å². The van der Waals surface area contributed by atoms with Crippen molar-refractivity contribution in [3.63, 3.8) is 0 Å². The van der Waals surface area contributed by atoms with Crippen molar-refractivity contribution in [3.8, 4) is 28.7 Å². The van der Waals surface area contributed by atoms with E-state index in [9.17, 15) is 5.11 Å². The summed E-state index contributed by atoms with van der Waals surface area (Å²) in [6.45, 7) is 0.258. The lowest BCUT2D eigenvalue weighted by molar-refractivity contribution is 0.0562. The first-order chi connectivity index (χ1) is 11.6. The largest absolute Gasteiger partial charge is 0.502 e. The summed E-state index contributed by atoms with van der Waals surface area (Å²) in [5, 5.41) is 10.0. The summed E-state index contributed by atoms with van der Waals surface area (Å²) < 4.78 is 26.9. The molecule has 0 radical (unpaired) electrons. The highest BCUT2D eigenvalue weighted by molar-refractivity contribution is 5.53. The summed E-state index contributed by atoms with van der Waals surface area (Å²) in [6, 6.07) is 10.8. The number of phenols is 1. The number of para-hydroxylation sites is 2. The molecule has 2 aromatic carbocycles. The van der Waals surface area contributed by atoms with Crippen molar-refractivity contribution in [1.82, 2.24) is 0 Å². The number of methoxy groups -OCH3 is 4. The average molecular weight is 334 g/mol. The van der Waals surface area contributed by atoms with Gasteiger partial charge in [0.15, 0.2) is 23.0 Å². The molecule has 6 heteroatoms. The minimum atomic E-state index is -0.377. The number of hydrogen-bond donors (Lipinski definition) is 1. The SMILES string of the molecule is COc1ccccc1OCC(OC)c1cc(OC)c(O)c(OC)c1. The number of phenolic OH excluding ortho intramolecular Hbond substituents is 1. The van der Waals surface area contributed by atoms with Crippen molar-refractivity contribution in [2.75, 3.05) is 35.0 Å². The van der Waals surface area contributed by atoms with Gasteiger partial charge in [0.1, 0.15) is 12.7 Å². The molecule has 0 fully saturated rings. The van der Waals surface area contributed by atoms with Crippen LogP contribution in [0.4, 0.5) is 0 Å². The molecule has 130 valence electrons. The molecular formula is C18H22O6. The van der Waals surface area contributed by atoms with Crippen LogP contribution in [0.2, 0.25) is 0 Å². The second-order valence-electron chi connectivity index (χ2n) is 4.96. The third-order valence-electron chi connectivity index (χ3n) is 3.62. The quantitative estimate of drug-likeness (QED) is 0.800. The minimum absolute atomic E-state index is 0.0516. The van der Waals surface area contributed by atoms with Crippen LogP contribution in [0.5, 0.6) is 28.7 Å². The summed E-state index contributed by atoms with van der Waals surface area (Å²) in [7, 11) is 6.13. The second-order valence-corrected chi connectivity index (χ2v) is 4.96. The Labute approximate surface area is 141 Å². The number of ether oxygens (including phenoxy) is 5. The maximum Gasteiger partial charge on any atom is 0.200 e.